The molecule has 1 aliphatic heterocycles. The van der Waals surface area contributed by atoms with E-state index in [1.54, 1.807) is 0 Å². The monoisotopic (exact) mass is 387 g/mol. The van der Waals surface area contributed by atoms with Crippen LogP contribution in [-0.4, -0.2) is 41.0 Å². The maximum absolute atomic E-state index is 4.69. The molecule has 4 rings (SSSR count). The number of hydrogen-bond acceptors (Lipinski definition) is 5. The average Bonchev–Trinajstić information content (AvgIpc) is 2.75. The second-order valence-corrected chi connectivity index (χ2v) is 7.58. The van der Waals surface area contributed by atoms with Crippen molar-refractivity contribution in [1.82, 2.24) is 14.9 Å². The lowest BCUT2D eigenvalue weighted by atomic mass is 10.1. The Morgan fingerprint density at radius 2 is 1.59 bits per heavy atom. The average molecular weight is 388 g/mol. The molecule has 0 atom stereocenters. The molecule has 0 radical (unpaired) electrons. The van der Waals surface area contributed by atoms with Gasteiger partial charge in [0.2, 0.25) is 0 Å². The van der Waals surface area contributed by atoms with E-state index >= 15 is 0 Å². The first kappa shape index (κ1) is 19.4. The minimum atomic E-state index is 0.793. The molecule has 1 aliphatic rings. The van der Waals surface area contributed by atoms with Crippen LogP contribution >= 0.6 is 0 Å². The van der Waals surface area contributed by atoms with Crippen LogP contribution in [0.3, 0.4) is 0 Å². The molecule has 1 fully saturated rings. The predicted octanol–water partition coefficient (Wildman–Crippen LogP) is 4.41. The molecule has 0 bridgehead atoms. The third kappa shape index (κ3) is 5.12. The van der Waals surface area contributed by atoms with Gasteiger partial charge >= 0.3 is 0 Å². The molecule has 0 unspecified atom stereocenters. The highest BCUT2D eigenvalue weighted by Crippen LogP contribution is 2.22. The van der Waals surface area contributed by atoms with E-state index in [9.17, 15) is 0 Å². The van der Waals surface area contributed by atoms with Gasteiger partial charge in [0.15, 0.2) is 0 Å². The molecule has 2 heterocycles. The highest BCUT2D eigenvalue weighted by Gasteiger charge is 2.19. The molecule has 0 spiro atoms. The molecule has 1 N–H and O–H groups in total. The van der Waals surface area contributed by atoms with Crippen LogP contribution in [0.1, 0.15) is 23.9 Å². The Morgan fingerprint density at radius 1 is 0.862 bits per heavy atom. The van der Waals surface area contributed by atoms with Crippen molar-refractivity contribution in [2.45, 2.75) is 26.8 Å². The lowest BCUT2D eigenvalue weighted by Crippen LogP contribution is -2.46. The van der Waals surface area contributed by atoms with Crippen molar-refractivity contribution < 1.29 is 0 Å². The van der Waals surface area contributed by atoms with Crippen LogP contribution in [0.5, 0.6) is 0 Å². The molecule has 0 amide bonds. The first-order valence-electron chi connectivity index (χ1n) is 10.4. The Hall–Kier alpha value is -2.92. The van der Waals surface area contributed by atoms with E-state index in [1.807, 2.05) is 6.92 Å². The first-order valence-corrected chi connectivity index (χ1v) is 10.4. The van der Waals surface area contributed by atoms with E-state index in [0.717, 1.165) is 62.3 Å². The number of aromatic nitrogens is 2. The Bertz CT molecular complexity index is 916. The lowest BCUT2D eigenvalue weighted by molar-refractivity contribution is 0.249. The molecule has 150 valence electrons. The Kier molecular flexibility index (Phi) is 6.06. The Labute approximate surface area is 173 Å². The molecule has 5 nitrogen and oxygen atoms in total. The number of nitrogens with one attached hydrogen (secondary N) is 1. The molecular formula is C24H29N5. The van der Waals surface area contributed by atoms with E-state index in [0.29, 0.717) is 0 Å². The van der Waals surface area contributed by atoms with Gasteiger partial charge in [-0.15, -0.1) is 0 Å². The Balaban J connectivity index is 1.40. The van der Waals surface area contributed by atoms with Crippen molar-refractivity contribution in [3.8, 4) is 0 Å². The maximum atomic E-state index is 4.69. The fourth-order valence-electron chi connectivity index (χ4n) is 3.73. The third-order valence-corrected chi connectivity index (χ3v) is 5.40. The normalized spacial score (nSPS) is 14.8. The van der Waals surface area contributed by atoms with Gasteiger partial charge < -0.3 is 10.2 Å². The Morgan fingerprint density at radius 3 is 2.28 bits per heavy atom. The molecule has 1 saturated heterocycles. The zero-order chi connectivity index (χ0) is 20.1. The van der Waals surface area contributed by atoms with Crippen molar-refractivity contribution in [2.24, 2.45) is 0 Å². The standard InChI is InChI=1S/C24H29N5/c1-3-20-9-11-22(12-10-20)27-23-17-24(26-19(2)25-23)29-15-13-28(14-16-29)18-21-7-5-4-6-8-21/h4-12,17H,3,13-16,18H2,1-2H3,(H,25,26,27). The van der Waals surface area contributed by atoms with Crippen LogP contribution in [0.15, 0.2) is 60.7 Å². The summed E-state index contributed by atoms with van der Waals surface area (Å²) < 4.78 is 0. The molecule has 3 aromatic rings. The van der Waals surface area contributed by atoms with Gasteiger partial charge in [-0.2, -0.15) is 0 Å². The number of anilines is 3. The SMILES string of the molecule is CCc1ccc(Nc2cc(N3CCN(Cc4ccccc4)CC3)nc(C)n2)cc1. The summed E-state index contributed by atoms with van der Waals surface area (Å²) in [6.07, 6.45) is 1.05. The van der Waals surface area contributed by atoms with Gasteiger partial charge in [-0.3, -0.25) is 4.90 Å². The van der Waals surface area contributed by atoms with E-state index in [-0.39, 0.29) is 0 Å². The van der Waals surface area contributed by atoms with Crippen molar-refractivity contribution in [2.75, 3.05) is 36.4 Å². The molecule has 0 saturated carbocycles. The summed E-state index contributed by atoms with van der Waals surface area (Å²) in [7, 11) is 0. The van der Waals surface area contributed by atoms with E-state index in [1.165, 1.54) is 11.1 Å². The number of benzene rings is 2. The van der Waals surface area contributed by atoms with Crippen LogP contribution < -0.4 is 10.2 Å². The van der Waals surface area contributed by atoms with Gasteiger partial charge in [-0.05, 0) is 36.6 Å². The quantitative estimate of drug-likeness (QED) is 0.679. The minimum absolute atomic E-state index is 0.793. The van der Waals surface area contributed by atoms with Crippen molar-refractivity contribution in [3.63, 3.8) is 0 Å². The zero-order valence-electron chi connectivity index (χ0n) is 17.3. The van der Waals surface area contributed by atoms with Crippen LogP contribution in [0.4, 0.5) is 17.3 Å². The molecule has 29 heavy (non-hydrogen) atoms. The zero-order valence-corrected chi connectivity index (χ0v) is 17.3. The minimum Gasteiger partial charge on any atom is -0.354 e. The number of rotatable bonds is 6. The van der Waals surface area contributed by atoms with Gasteiger partial charge in [0.1, 0.15) is 17.5 Å². The summed E-state index contributed by atoms with van der Waals surface area (Å²) >= 11 is 0. The largest absolute Gasteiger partial charge is 0.354 e. The maximum Gasteiger partial charge on any atom is 0.136 e. The van der Waals surface area contributed by atoms with Gasteiger partial charge in [0, 0.05) is 44.5 Å². The van der Waals surface area contributed by atoms with Gasteiger partial charge in [-0.1, -0.05) is 49.4 Å². The number of nitrogens with zero attached hydrogens (tertiary/aromatic N) is 4. The number of hydrogen-bond donors (Lipinski definition) is 1. The number of aryl methyl sites for hydroxylation is 2. The van der Waals surface area contributed by atoms with Crippen molar-refractivity contribution in [1.29, 1.82) is 0 Å². The molecule has 2 aromatic carbocycles. The highest BCUT2D eigenvalue weighted by molar-refractivity contribution is 5.60. The fourth-order valence-corrected chi connectivity index (χ4v) is 3.73. The molecular weight excluding hydrogens is 358 g/mol. The topological polar surface area (TPSA) is 44.3 Å². The summed E-state index contributed by atoms with van der Waals surface area (Å²) in [5.74, 6) is 2.65. The van der Waals surface area contributed by atoms with Crippen molar-refractivity contribution in [3.05, 3.63) is 77.6 Å². The summed E-state index contributed by atoms with van der Waals surface area (Å²) in [4.78, 5) is 14.1. The molecule has 5 heteroatoms. The van der Waals surface area contributed by atoms with E-state index in [4.69, 9.17) is 4.98 Å². The van der Waals surface area contributed by atoms with E-state index in [2.05, 4.69) is 87.7 Å². The fraction of sp³-hybridized carbons (Fsp3) is 0.333. The van der Waals surface area contributed by atoms with Crippen molar-refractivity contribution >= 4 is 17.3 Å². The van der Waals surface area contributed by atoms with Gasteiger partial charge in [-0.25, -0.2) is 9.97 Å². The van der Waals surface area contributed by atoms with E-state index < -0.39 is 0 Å². The van der Waals surface area contributed by atoms with Crippen LogP contribution in [0.25, 0.3) is 0 Å². The highest BCUT2D eigenvalue weighted by atomic mass is 15.3. The van der Waals surface area contributed by atoms with Crippen LogP contribution in [-0.2, 0) is 13.0 Å². The van der Waals surface area contributed by atoms with Gasteiger partial charge in [0.05, 0.1) is 0 Å². The summed E-state index contributed by atoms with van der Waals surface area (Å²) in [6.45, 7) is 9.18. The summed E-state index contributed by atoms with van der Waals surface area (Å²) in [6, 6.07) is 21.3. The van der Waals surface area contributed by atoms with Crippen LogP contribution in [0.2, 0.25) is 0 Å². The number of piperazine rings is 1. The third-order valence-electron chi connectivity index (χ3n) is 5.40. The summed E-state index contributed by atoms with van der Waals surface area (Å²) in [5, 5.41) is 3.43. The van der Waals surface area contributed by atoms with Gasteiger partial charge in [0.25, 0.3) is 0 Å². The lowest BCUT2D eigenvalue weighted by Gasteiger charge is -2.35. The molecule has 0 aliphatic carbocycles. The first-order chi connectivity index (χ1) is 14.2. The predicted molar refractivity (Wildman–Crippen MR) is 120 cm³/mol. The summed E-state index contributed by atoms with van der Waals surface area (Å²) in [5.41, 5.74) is 3.77. The second-order valence-electron chi connectivity index (χ2n) is 7.58. The smallest absolute Gasteiger partial charge is 0.136 e. The molecule has 1 aromatic heterocycles. The van der Waals surface area contributed by atoms with Crippen LogP contribution in [0, 0.1) is 6.92 Å². The second kappa shape index (κ2) is 9.05.